The lowest BCUT2D eigenvalue weighted by Gasteiger charge is -2.06. The van der Waals surface area contributed by atoms with Crippen molar-refractivity contribution < 1.29 is 9.18 Å². The highest BCUT2D eigenvalue weighted by atomic mass is 19.1. The number of rotatable bonds is 3. The standard InChI is InChI=1S/C10H10FO/c1-8(6-7-12)9-2-4-10(11)5-3-9/h2-5,8H,6H2,1H3. The molecule has 2 heteroatoms. The number of hydrogen-bond acceptors (Lipinski definition) is 1. The molecule has 1 aromatic carbocycles. The molecule has 1 atom stereocenters. The van der Waals surface area contributed by atoms with Crippen molar-refractivity contribution in [3.05, 3.63) is 35.6 Å². The van der Waals surface area contributed by atoms with E-state index in [1.807, 2.05) is 13.2 Å². The summed E-state index contributed by atoms with van der Waals surface area (Å²) in [7, 11) is 0. The van der Waals surface area contributed by atoms with Gasteiger partial charge in [-0.15, -0.1) is 0 Å². The molecule has 1 rings (SSSR count). The molecule has 0 heterocycles. The van der Waals surface area contributed by atoms with Gasteiger partial charge in [0, 0.05) is 6.42 Å². The summed E-state index contributed by atoms with van der Waals surface area (Å²) in [6, 6.07) is 6.18. The van der Waals surface area contributed by atoms with E-state index < -0.39 is 0 Å². The monoisotopic (exact) mass is 165 g/mol. The van der Waals surface area contributed by atoms with Crippen LogP contribution in [0.4, 0.5) is 4.39 Å². The fourth-order valence-corrected chi connectivity index (χ4v) is 1.03. The van der Waals surface area contributed by atoms with Crippen molar-refractivity contribution in [2.45, 2.75) is 19.3 Å². The summed E-state index contributed by atoms with van der Waals surface area (Å²) in [5, 5.41) is 0. The second kappa shape index (κ2) is 4.00. The van der Waals surface area contributed by atoms with E-state index in [1.54, 1.807) is 12.1 Å². The van der Waals surface area contributed by atoms with Gasteiger partial charge in [-0.2, -0.15) is 0 Å². The molecule has 63 valence electrons. The third kappa shape index (κ3) is 2.16. The van der Waals surface area contributed by atoms with Crippen LogP contribution in [0.5, 0.6) is 0 Å². The molecule has 0 aliphatic carbocycles. The first-order chi connectivity index (χ1) is 5.74. The van der Waals surface area contributed by atoms with Gasteiger partial charge in [-0.3, -0.25) is 4.79 Å². The number of hydrogen-bond donors (Lipinski definition) is 0. The fraction of sp³-hybridized carbons (Fsp3) is 0.300. The quantitative estimate of drug-likeness (QED) is 0.672. The van der Waals surface area contributed by atoms with Gasteiger partial charge >= 0.3 is 0 Å². The second-order valence-corrected chi connectivity index (χ2v) is 2.80. The summed E-state index contributed by atoms with van der Waals surface area (Å²) in [5.41, 5.74) is 0.972. The summed E-state index contributed by atoms with van der Waals surface area (Å²) in [5.74, 6) is -0.121. The van der Waals surface area contributed by atoms with Crippen LogP contribution in [0.15, 0.2) is 24.3 Å². The molecule has 0 fully saturated rings. The molecule has 1 unspecified atom stereocenters. The maximum absolute atomic E-state index is 12.5. The summed E-state index contributed by atoms with van der Waals surface area (Å²) >= 11 is 0. The van der Waals surface area contributed by atoms with Crippen molar-refractivity contribution in [2.75, 3.05) is 0 Å². The van der Waals surface area contributed by atoms with Gasteiger partial charge in [0.25, 0.3) is 0 Å². The Morgan fingerprint density at radius 3 is 2.50 bits per heavy atom. The van der Waals surface area contributed by atoms with Crippen LogP contribution in [0.2, 0.25) is 0 Å². The maximum Gasteiger partial charge on any atom is 0.199 e. The van der Waals surface area contributed by atoms with Crippen molar-refractivity contribution in [3.8, 4) is 0 Å². The first-order valence-electron chi connectivity index (χ1n) is 3.84. The molecule has 0 N–H and O–H groups in total. The van der Waals surface area contributed by atoms with Crippen LogP contribution in [-0.2, 0) is 4.79 Å². The molecule has 0 aliphatic rings. The molecular formula is C10H10FO. The highest BCUT2D eigenvalue weighted by Gasteiger charge is 2.04. The zero-order valence-corrected chi connectivity index (χ0v) is 6.88. The average molecular weight is 165 g/mol. The van der Waals surface area contributed by atoms with Crippen molar-refractivity contribution in [2.24, 2.45) is 0 Å². The zero-order chi connectivity index (χ0) is 8.97. The predicted octanol–water partition coefficient (Wildman–Crippen LogP) is 2.43. The Labute approximate surface area is 71.2 Å². The van der Waals surface area contributed by atoms with Gasteiger partial charge in [0.15, 0.2) is 6.29 Å². The minimum Gasteiger partial charge on any atom is -0.291 e. The number of benzene rings is 1. The van der Waals surface area contributed by atoms with Crippen molar-refractivity contribution >= 4 is 6.29 Å². The van der Waals surface area contributed by atoms with Gasteiger partial charge < -0.3 is 0 Å². The molecule has 1 aromatic rings. The van der Waals surface area contributed by atoms with Gasteiger partial charge in [-0.1, -0.05) is 19.1 Å². The largest absolute Gasteiger partial charge is 0.291 e. The molecule has 1 nitrogen and oxygen atoms in total. The van der Waals surface area contributed by atoms with Crippen molar-refractivity contribution in [1.29, 1.82) is 0 Å². The highest BCUT2D eigenvalue weighted by molar-refractivity contribution is 5.52. The number of halogens is 1. The van der Waals surface area contributed by atoms with E-state index in [-0.39, 0.29) is 11.7 Å². The minimum atomic E-state index is -0.249. The molecule has 0 aliphatic heterocycles. The Kier molecular flexibility index (Phi) is 2.97. The molecule has 0 spiro atoms. The van der Waals surface area contributed by atoms with E-state index in [0.717, 1.165) is 5.56 Å². The van der Waals surface area contributed by atoms with E-state index >= 15 is 0 Å². The van der Waals surface area contributed by atoms with E-state index in [9.17, 15) is 9.18 Å². The molecule has 0 saturated carbocycles. The smallest absolute Gasteiger partial charge is 0.199 e. The van der Waals surface area contributed by atoms with E-state index in [4.69, 9.17) is 0 Å². The second-order valence-electron chi connectivity index (χ2n) is 2.80. The van der Waals surface area contributed by atoms with E-state index in [2.05, 4.69) is 0 Å². The number of carbonyl (C=O) groups excluding carboxylic acids is 1. The summed E-state index contributed by atoms with van der Waals surface area (Å²) in [6.45, 7) is 1.91. The van der Waals surface area contributed by atoms with Crippen LogP contribution in [0.1, 0.15) is 24.8 Å². The summed E-state index contributed by atoms with van der Waals surface area (Å²) < 4.78 is 12.5. The molecule has 0 amide bonds. The Hall–Kier alpha value is -1.18. The normalized spacial score (nSPS) is 12.5. The SMILES string of the molecule is CC(C[C]=O)c1ccc(F)cc1. The molecule has 0 aromatic heterocycles. The molecular weight excluding hydrogens is 155 g/mol. The van der Waals surface area contributed by atoms with Crippen LogP contribution in [0, 0.1) is 5.82 Å². The van der Waals surface area contributed by atoms with E-state index in [1.165, 1.54) is 12.1 Å². The highest BCUT2D eigenvalue weighted by Crippen LogP contribution is 2.17. The first-order valence-corrected chi connectivity index (χ1v) is 3.84. The predicted molar refractivity (Wildman–Crippen MR) is 45.1 cm³/mol. The van der Waals surface area contributed by atoms with Gasteiger partial charge in [-0.05, 0) is 23.6 Å². The third-order valence-electron chi connectivity index (χ3n) is 1.83. The Morgan fingerprint density at radius 2 is 2.00 bits per heavy atom. The Morgan fingerprint density at radius 1 is 1.42 bits per heavy atom. The zero-order valence-electron chi connectivity index (χ0n) is 6.88. The first kappa shape index (κ1) is 8.91. The fourth-order valence-electron chi connectivity index (χ4n) is 1.03. The van der Waals surface area contributed by atoms with Gasteiger partial charge in [0.05, 0.1) is 0 Å². The Balaban J connectivity index is 2.74. The molecule has 0 bridgehead atoms. The molecule has 0 saturated heterocycles. The summed E-state index contributed by atoms with van der Waals surface area (Å²) in [4.78, 5) is 10.1. The van der Waals surface area contributed by atoms with Crippen LogP contribution >= 0.6 is 0 Å². The lowest BCUT2D eigenvalue weighted by Crippen LogP contribution is -1.93. The van der Waals surface area contributed by atoms with Crippen LogP contribution < -0.4 is 0 Å². The van der Waals surface area contributed by atoms with Crippen LogP contribution in [0.25, 0.3) is 0 Å². The van der Waals surface area contributed by atoms with Crippen molar-refractivity contribution in [3.63, 3.8) is 0 Å². The van der Waals surface area contributed by atoms with Crippen molar-refractivity contribution in [1.82, 2.24) is 0 Å². The molecule has 12 heavy (non-hydrogen) atoms. The topological polar surface area (TPSA) is 17.1 Å². The van der Waals surface area contributed by atoms with Gasteiger partial charge in [-0.25, -0.2) is 4.39 Å². The van der Waals surface area contributed by atoms with Crippen LogP contribution in [-0.4, -0.2) is 6.29 Å². The minimum absolute atomic E-state index is 0.128. The lowest BCUT2D eigenvalue weighted by molar-refractivity contribution is 0.545. The average Bonchev–Trinajstić information content (AvgIpc) is 2.06. The maximum atomic E-state index is 12.5. The Bertz CT molecular complexity index is 253. The van der Waals surface area contributed by atoms with E-state index in [0.29, 0.717) is 6.42 Å². The molecule has 1 radical (unpaired) electrons. The van der Waals surface area contributed by atoms with Crippen LogP contribution in [0.3, 0.4) is 0 Å². The lowest BCUT2D eigenvalue weighted by atomic mass is 9.99. The summed E-state index contributed by atoms with van der Waals surface area (Å²) in [6.07, 6.45) is 2.20. The van der Waals surface area contributed by atoms with Gasteiger partial charge in [0.1, 0.15) is 5.82 Å². The van der Waals surface area contributed by atoms with Gasteiger partial charge in [0.2, 0.25) is 0 Å². The third-order valence-corrected chi connectivity index (χ3v) is 1.83.